The number of nitrogens with one attached hydrogen (secondary N) is 2. The first-order chi connectivity index (χ1) is 15.3. The number of carbonyl (C=O) groups excluding carboxylic acids is 3. The van der Waals surface area contributed by atoms with Gasteiger partial charge in [0.05, 0.1) is 30.5 Å². The van der Waals surface area contributed by atoms with Crippen LogP contribution in [0.15, 0.2) is 48.0 Å². The average molecular weight is 459 g/mol. The standard InChI is InChI=1S/C23H23ClN2O6/c1-4-31-19(28)12-32-18-11-16(24)15(10-17(18)30-3)22-20(13(2)27)21(25-23(29)26-22)14-8-6-5-7-9-14/h5-11,22H,4,12H2,1-3H3,(H2,25,26,29)/t22-/m0/s1. The first kappa shape index (κ1) is 23.1. The van der Waals surface area contributed by atoms with Crippen LogP contribution in [0, 0.1) is 0 Å². The van der Waals surface area contributed by atoms with Crippen LogP contribution in [0.2, 0.25) is 5.02 Å². The number of hydrogen-bond donors (Lipinski definition) is 2. The lowest BCUT2D eigenvalue weighted by molar-refractivity contribution is -0.145. The second kappa shape index (κ2) is 10.2. The van der Waals surface area contributed by atoms with Gasteiger partial charge < -0.3 is 24.8 Å². The maximum atomic E-state index is 12.6. The third-order valence-electron chi connectivity index (χ3n) is 4.76. The molecule has 2 amide bonds. The largest absolute Gasteiger partial charge is 0.493 e. The summed E-state index contributed by atoms with van der Waals surface area (Å²) >= 11 is 6.52. The van der Waals surface area contributed by atoms with E-state index in [4.69, 9.17) is 25.8 Å². The maximum Gasteiger partial charge on any atom is 0.344 e. The summed E-state index contributed by atoms with van der Waals surface area (Å²) in [4.78, 5) is 36.7. The number of ketones is 1. The highest BCUT2D eigenvalue weighted by molar-refractivity contribution is 6.31. The number of methoxy groups -OCH3 is 1. The van der Waals surface area contributed by atoms with Gasteiger partial charge in [-0.3, -0.25) is 4.79 Å². The average Bonchev–Trinajstić information content (AvgIpc) is 2.77. The van der Waals surface area contributed by atoms with Gasteiger partial charge in [-0.1, -0.05) is 41.9 Å². The Morgan fingerprint density at radius 1 is 1.12 bits per heavy atom. The van der Waals surface area contributed by atoms with Crippen LogP contribution in [-0.4, -0.2) is 38.1 Å². The molecule has 0 spiro atoms. The molecule has 2 N–H and O–H groups in total. The Hall–Kier alpha value is -3.52. The Balaban J connectivity index is 2.05. The molecule has 8 nitrogen and oxygen atoms in total. The molecule has 0 saturated heterocycles. The highest BCUT2D eigenvalue weighted by Gasteiger charge is 2.33. The molecule has 0 unspecified atom stereocenters. The Kier molecular flexibility index (Phi) is 7.37. The molecular weight excluding hydrogens is 436 g/mol. The van der Waals surface area contributed by atoms with E-state index in [0.29, 0.717) is 22.4 Å². The summed E-state index contributed by atoms with van der Waals surface area (Å²) in [7, 11) is 1.43. The molecule has 9 heteroatoms. The number of rotatable bonds is 8. The summed E-state index contributed by atoms with van der Waals surface area (Å²) in [5, 5.41) is 5.71. The van der Waals surface area contributed by atoms with Gasteiger partial charge in [0.1, 0.15) is 0 Å². The molecule has 0 bridgehead atoms. The highest BCUT2D eigenvalue weighted by atomic mass is 35.5. The van der Waals surface area contributed by atoms with E-state index in [1.165, 1.54) is 20.1 Å². The molecule has 0 saturated carbocycles. The normalized spacial score (nSPS) is 15.5. The minimum Gasteiger partial charge on any atom is -0.493 e. The van der Waals surface area contributed by atoms with E-state index in [1.54, 1.807) is 25.1 Å². The number of carbonyl (C=O) groups is 3. The van der Waals surface area contributed by atoms with E-state index in [9.17, 15) is 14.4 Å². The molecule has 32 heavy (non-hydrogen) atoms. The SMILES string of the molecule is CCOC(=O)COc1cc(Cl)c([C@@H]2NC(=O)NC(c3ccccc3)=C2C(C)=O)cc1OC. The van der Waals surface area contributed by atoms with Crippen molar-refractivity contribution in [1.29, 1.82) is 0 Å². The van der Waals surface area contributed by atoms with Gasteiger partial charge >= 0.3 is 12.0 Å². The summed E-state index contributed by atoms with van der Waals surface area (Å²) in [6, 6.07) is 10.8. The van der Waals surface area contributed by atoms with Gasteiger partial charge in [0, 0.05) is 17.2 Å². The van der Waals surface area contributed by atoms with Crippen molar-refractivity contribution in [2.75, 3.05) is 20.3 Å². The zero-order valence-corrected chi connectivity index (χ0v) is 18.6. The smallest absolute Gasteiger partial charge is 0.344 e. The van der Waals surface area contributed by atoms with Crippen LogP contribution >= 0.6 is 11.6 Å². The Morgan fingerprint density at radius 3 is 2.47 bits per heavy atom. The first-order valence-corrected chi connectivity index (χ1v) is 10.3. The van der Waals surface area contributed by atoms with E-state index in [1.807, 2.05) is 18.2 Å². The van der Waals surface area contributed by atoms with Crippen LogP contribution < -0.4 is 20.1 Å². The van der Waals surface area contributed by atoms with E-state index in [-0.39, 0.29) is 35.5 Å². The zero-order chi connectivity index (χ0) is 23.3. The molecule has 0 aliphatic carbocycles. The van der Waals surface area contributed by atoms with Crippen LogP contribution in [0.4, 0.5) is 4.79 Å². The van der Waals surface area contributed by atoms with Crippen molar-refractivity contribution in [3.05, 3.63) is 64.2 Å². The first-order valence-electron chi connectivity index (χ1n) is 9.89. The van der Waals surface area contributed by atoms with Gasteiger partial charge in [0.15, 0.2) is 23.9 Å². The molecule has 168 valence electrons. The number of hydrogen-bond acceptors (Lipinski definition) is 6. The summed E-state index contributed by atoms with van der Waals surface area (Å²) < 4.78 is 15.7. The molecule has 2 aromatic carbocycles. The lowest BCUT2D eigenvalue weighted by atomic mass is 9.90. The summed E-state index contributed by atoms with van der Waals surface area (Å²) in [5.41, 5.74) is 1.89. The van der Waals surface area contributed by atoms with Crippen molar-refractivity contribution < 1.29 is 28.6 Å². The molecule has 1 aliphatic rings. The number of ether oxygens (including phenoxy) is 3. The topological polar surface area (TPSA) is 103 Å². The van der Waals surface area contributed by atoms with Gasteiger partial charge in [-0.2, -0.15) is 0 Å². The fourth-order valence-electron chi connectivity index (χ4n) is 3.39. The monoisotopic (exact) mass is 458 g/mol. The molecule has 3 rings (SSSR count). The zero-order valence-electron chi connectivity index (χ0n) is 17.9. The Labute approximate surface area is 190 Å². The van der Waals surface area contributed by atoms with Gasteiger partial charge in [0.25, 0.3) is 0 Å². The van der Waals surface area contributed by atoms with Crippen LogP contribution in [0.5, 0.6) is 11.5 Å². The third kappa shape index (κ3) is 5.03. The summed E-state index contributed by atoms with van der Waals surface area (Å²) in [6.07, 6.45) is 0. The van der Waals surface area contributed by atoms with E-state index < -0.39 is 18.0 Å². The minimum absolute atomic E-state index is 0.225. The molecular formula is C23H23ClN2O6. The van der Waals surface area contributed by atoms with Gasteiger partial charge in [0.2, 0.25) is 0 Å². The second-order valence-corrected chi connectivity index (χ2v) is 7.27. The lowest BCUT2D eigenvalue weighted by Crippen LogP contribution is -2.44. The van der Waals surface area contributed by atoms with Crippen molar-refractivity contribution in [1.82, 2.24) is 10.6 Å². The molecule has 1 aliphatic heterocycles. The predicted octanol–water partition coefficient (Wildman–Crippen LogP) is 3.64. The molecule has 2 aromatic rings. The maximum absolute atomic E-state index is 12.6. The van der Waals surface area contributed by atoms with Crippen LogP contribution in [0.1, 0.15) is 31.0 Å². The number of Topliss-reactive ketones (excluding diaryl/α,β-unsaturated/α-hetero) is 1. The summed E-state index contributed by atoms with van der Waals surface area (Å²) in [6.45, 7) is 3.03. The number of halogens is 1. The quantitative estimate of drug-likeness (QED) is 0.585. The third-order valence-corrected chi connectivity index (χ3v) is 5.09. The molecule has 0 aromatic heterocycles. The molecule has 1 heterocycles. The molecule has 1 atom stereocenters. The van der Waals surface area contributed by atoms with Crippen LogP contribution in [0.3, 0.4) is 0 Å². The second-order valence-electron chi connectivity index (χ2n) is 6.86. The number of amides is 2. The van der Waals surface area contributed by atoms with Gasteiger partial charge in [-0.15, -0.1) is 0 Å². The van der Waals surface area contributed by atoms with Crippen molar-refractivity contribution >= 4 is 35.1 Å². The van der Waals surface area contributed by atoms with Crippen molar-refractivity contribution in [2.24, 2.45) is 0 Å². The highest BCUT2D eigenvalue weighted by Crippen LogP contribution is 2.40. The minimum atomic E-state index is -0.822. The molecule has 0 fully saturated rings. The van der Waals surface area contributed by atoms with Crippen molar-refractivity contribution in [3.8, 4) is 11.5 Å². The fourth-order valence-corrected chi connectivity index (χ4v) is 3.66. The van der Waals surface area contributed by atoms with E-state index >= 15 is 0 Å². The van der Waals surface area contributed by atoms with Crippen LogP contribution in [-0.2, 0) is 14.3 Å². The van der Waals surface area contributed by atoms with Gasteiger partial charge in [-0.25, -0.2) is 9.59 Å². The predicted molar refractivity (Wildman–Crippen MR) is 119 cm³/mol. The molecule has 0 radical (unpaired) electrons. The van der Waals surface area contributed by atoms with Crippen LogP contribution in [0.25, 0.3) is 5.70 Å². The number of benzene rings is 2. The van der Waals surface area contributed by atoms with Gasteiger partial charge in [-0.05, 0) is 25.5 Å². The Bertz CT molecular complexity index is 1070. The van der Waals surface area contributed by atoms with Crippen molar-refractivity contribution in [2.45, 2.75) is 19.9 Å². The van der Waals surface area contributed by atoms with Crippen molar-refractivity contribution in [3.63, 3.8) is 0 Å². The number of urea groups is 1. The van der Waals surface area contributed by atoms with E-state index in [2.05, 4.69) is 10.6 Å². The summed E-state index contributed by atoms with van der Waals surface area (Å²) in [5.74, 6) is -0.259. The Morgan fingerprint density at radius 2 is 1.84 bits per heavy atom. The lowest BCUT2D eigenvalue weighted by Gasteiger charge is -2.30. The fraction of sp³-hybridized carbons (Fsp3) is 0.261. The number of esters is 1. The van der Waals surface area contributed by atoms with E-state index in [0.717, 1.165) is 0 Å².